The van der Waals surface area contributed by atoms with E-state index in [0.717, 1.165) is 16.9 Å². The molecular weight excluding hydrogens is 528 g/mol. The molecule has 3 aromatic carbocycles. The van der Waals surface area contributed by atoms with Gasteiger partial charge in [-0.1, -0.05) is 53.6 Å². The highest BCUT2D eigenvalue weighted by atomic mass is 35.5. The number of hydrogen-bond donors (Lipinski definition) is 1. The number of hydrogen-bond acceptors (Lipinski definition) is 5. The highest BCUT2D eigenvalue weighted by molar-refractivity contribution is 7.98. The van der Waals surface area contributed by atoms with Gasteiger partial charge in [0.1, 0.15) is 5.76 Å². The van der Waals surface area contributed by atoms with Gasteiger partial charge >= 0.3 is 0 Å². The third-order valence-electron chi connectivity index (χ3n) is 5.62. The molecule has 37 heavy (non-hydrogen) atoms. The second-order valence-corrected chi connectivity index (χ2v) is 11.8. The van der Waals surface area contributed by atoms with E-state index in [1.165, 1.54) is 4.31 Å². The Balaban J connectivity index is 1.59. The van der Waals surface area contributed by atoms with Gasteiger partial charge in [-0.2, -0.15) is 11.8 Å². The molecule has 0 aliphatic heterocycles. The number of rotatable bonds is 11. The van der Waals surface area contributed by atoms with Crippen LogP contribution in [0.15, 0.2) is 101 Å². The Hall–Kier alpha value is -3.20. The van der Waals surface area contributed by atoms with E-state index < -0.39 is 10.0 Å². The van der Waals surface area contributed by atoms with Crippen LogP contribution in [0.2, 0.25) is 5.02 Å². The molecule has 1 aromatic heterocycles. The van der Waals surface area contributed by atoms with Crippen molar-refractivity contribution in [3.05, 3.63) is 119 Å². The average Bonchev–Trinajstić information content (AvgIpc) is 3.42. The van der Waals surface area contributed by atoms with Gasteiger partial charge in [-0.3, -0.25) is 9.10 Å². The summed E-state index contributed by atoms with van der Waals surface area (Å²) in [6.45, 7) is 2.37. The third-order valence-corrected chi connectivity index (χ3v) is 8.63. The summed E-state index contributed by atoms with van der Waals surface area (Å²) in [4.78, 5) is 13.3. The first-order valence-electron chi connectivity index (χ1n) is 11.7. The molecule has 4 rings (SSSR count). The van der Waals surface area contributed by atoms with Crippen LogP contribution in [0.5, 0.6) is 0 Å². The zero-order chi connectivity index (χ0) is 26.3. The first-order chi connectivity index (χ1) is 17.8. The van der Waals surface area contributed by atoms with Gasteiger partial charge in [-0.05, 0) is 61.0 Å². The molecule has 4 aromatic rings. The molecule has 1 heterocycles. The monoisotopic (exact) mass is 554 g/mol. The van der Waals surface area contributed by atoms with Crippen molar-refractivity contribution in [3.63, 3.8) is 0 Å². The zero-order valence-corrected chi connectivity index (χ0v) is 22.7. The fraction of sp³-hybridized carbons (Fsp3) is 0.179. The van der Waals surface area contributed by atoms with Crippen molar-refractivity contribution in [2.75, 3.05) is 16.6 Å². The Labute approximate surface area is 226 Å². The highest BCUT2D eigenvalue weighted by Gasteiger charge is 2.28. The second-order valence-electron chi connectivity index (χ2n) is 8.36. The number of anilines is 1. The minimum absolute atomic E-state index is 0.0384. The van der Waals surface area contributed by atoms with E-state index >= 15 is 0 Å². The van der Waals surface area contributed by atoms with E-state index in [4.69, 9.17) is 16.0 Å². The number of carbonyl (C=O) groups is 1. The van der Waals surface area contributed by atoms with Crippen LogP contribution in [-0.2, 0) is 22.3 Å². The average molecular weight is 555 g/mol. The summed E-state index contributed by atoms with van der Waals surface area (Å²) >= 11 is 7.68. The summed E-state index contributed by atoms with van der Waals surface area (Å²) in [6, 6.07) is 24.2. The van der Waals surface area contributed by atoms with Crippen LogP contribution < -0.4 is 9.62 Å². The number of aryl methyl sites for hydroxylation is 1. The van der Waals surface area contributed by atoms with Crippen molar-refractivity contribution in [3.8, 4) is 0 Å². The van der Waals surface area contributed by atoms with Crippen LogP contribution in [0.3, 0.4) is 0 Å². The Morgan fingerprint density at radius 2 is 1.70 bits per heavy atom. The van der Waals surface area contributed by atoms with Gasteiger partial charge in [0.05, 0.1) is 34.7 Å². The van der Waals surface area contributed by atoms with Crippen molar-refractivity contribution in [2.24, 2.45) is 0 Å². The van der Waals surface area contributed by atoms with Gasteiger partial charge in [-0.15, -0.1) is 0 Å². The predicted octanol–water partition coefficient (Wildman–Crippen LogP) is 6.30. The summed E-state index contributed by atoms with van der Waals surface area (Å²) < 4.78 is 34.3. The zero-order valence-electron chi connectivity index (χ0n) is 20.3. The molecule has 192 valence electrons. The smallest absolute Gasteiger partial charge is 0.264 e. The van der Waals surface area contributed by atoms with Crippen LogP contribution in [-0.4, -0.2) is 26.6 Å². The molecule has 1 amide bonds. The molecule has 0 saturated heterocycles. The Bertz CT molecular complexity index is 1420. The minimum atomic E-state index is -3.98. The molecule has 9 heteroatoms. The Morgan fingerprint density at radius 3 is 2.41 bits per heavy atom. The number of sulfonamides is 1. The molecular formula is C28H27ClN2O4S2. The van der Waals surface area contributed by atoms with Gasteiger partial charge in [-0.25, -0.2) is 8.42 Å². The molecule has 0 bridgehead atoms. The van der Waals surface area contributed by atoms with E-state index in [1.807, 2.05) is 19.1 Å². The van der Waals surface area contributed by atoms with E-state index in [2.05, 4.69) is 5.32 Å². The summed E-state index contributed by atoms with van der Waals surface area (Å²) in [5.74, 6) is 1.93. The first-order valence-corrected chi connectivity index (χ1v) is 14.6. The molecule has 0 spiro atoms. The molecule has 0 aliphatic carbocycles. The van der Waals surface area contributed by atoms with Crippen molar-refractivity contribution in [1.82, 2.24) is 5.32 Å². The van der Waals surface area contributed by atoms with Gasteiger partial charge in [0.25, 0.3) is 15.9 Å². The summed E-state index contributed by atoms with van der Waals surface area (Å²) in [5.41, 5.74) is 2.28. The highest BCUT2D eigenvalue weighted by Crippen LogP contribution is 2.30. The largest absolute Gasteiger partial charge is 0.468 e. The number of para-hydroxylation sites is 1. The number of nitrogens with zero attached hydrogens (tertiary/aromatic N) is 1. The van der Waals surface area contributed by atoms with Crippen molar-refractivity contribution < 1.29 is 17.6 Å². The number of furan rings is 1. The van der Waals surface area contributed by atoms with Gasteiger partial charge in [0.15, 0.2) is 0 Å². The number of carbonyl (C=O) groups excluding carboxylic acids is 1. The van der Waals surface area contributed by atoms with E-state index in [0.29, 0.717) is 28.8 Å². The van der Waals surface area contributed by atoms with Crippen molar-refractivity contribution >= 4 is 45.0 Å². The predicted molar refractivity (Wildman–Crippen MR) is 150 cm³/mol. The number of halogens is 1. The number of amides is 1. The SMILES string of the molecule is Cc1ccc(S(=O)(=O)N(Cc2ccc(Cl)cc2)c2ccccc2C(=O)NCCSCc2ccco2)cc1. The number of thioether (sulfide) groups is 1. The lowest BCUT2D eigenvalue weighted by Crippen LogP contribution is -2.34. The van der Waals surface area contributed by atoms with E-state index in [-0.39, 0.29) is 22.9 Å². The van der Waals surface area contributed by atoms with Crippen LogP contribution >= 0.6 is 23.4 Å². The second kappa shape index (κ2) is 12.4. The van der Waals surface area contributed by atoms with Crippen molar-refractivity contribution in [2.45, 2.75) is 24.1 Å². The maximum Gasteiger partial charge on any atom is 0.264 e. The molecule has 0 fully saturated rings. The topological polar surface area (TPSA) is 79.6 Å². The summed E-state index contributed by atoms with van der Waals surface area (Å²) in [5, 5.41) is 3.47. The van der Waals surface area contributed by atoms with Crippen LogP contribution in [0.1, 0.15) is 27.2 Å². The molecule has 0 unspecified atom stereocenters. The fourth-order valence-corrected chi connectivity index (χ4v) is 6.03. The quantitative estimate of drug-likeness (QED) is 0.220. The van der Waals surface area contributed by atoms with Crippen molar-refractivity contribution in [1.29, 1.82) is 0 Å². The minimum Gasteiger partial charge on any atom is -0.468 e. The summed E-state index contributed by atoms with van der Waals surface area (Å²) in [7, 11) is -3.98. The van der Waals surface area contributed by atoms with Gasteiger partial charge in [0, 0.05) is 17.3 Å². The van der Waals surface area contributed by atoms with Gasteiger partial charge < -0.3 is 9.73 Å². The Morgan fingerprint density at radius 1 is 0.973 bits per heavy atom. The molecule has 0 aliphatic rings. The number of benzene rings is 3. The Kier molecular flexibility index (Phi) is 8.97. The van der Waals surface area contributed by atoms with E-state index in [1.54, 1.807) is 90.8 Å². The van der Waals surface area contributed by atoms with Crippen LogP contribution in [0.25, 0.3) is 0 Å². The standard InChI is InChI=1S/C28H27ClN2O4S2/c1-21-8-14-25(15-9-21)37(33,34)31(19-22-10-12-23(29)13-11-22)27-7-3-2-6-26(27)28(32)30-16-18-36-20-24-5-4-17-35-24/h2-15,17H,16,18-20H2,1H3,(H,30,32). The van der Waals surface area contributed by atoms with Crippen LogP contribution in [0, 0.1) is 6.92 Å². The number of nitrogens with one attached hydrogen (secondary N) is 1. The maximum absolute atomic E-state index is 13.9. The lowest BCUT2D eigenvalue weighted by Gasteiger charge is -2.27. The summed E-state index contributed by atoms with van der Waals surface area (Å²) in [6.07, 6.45) is 1.63. The lowest BCUT2D eigenvalue weighted by atomic mass is 10.1. The van der Waals surface area contributed by atoms with Gasteiger partial charge in [0.2, 0.25) is 0 Å². The third kappa shape index (κ3) is 6.97. The molecule has 0 radical (unpaired) electrons. The lowest BCUT2D eigenvalue weighted by molar-refractivity contribution is 0.0957. The normalized spacial score (nSPS) is 11.3. The molecule has 1 N–H and O–H groups in total. The van der Waals surface area contributed by atoms with E-state index in [9.17, 15) is 13.2 Å². The maximum atomic E-state index is 13.9. The molecule has 6 nitrogen and oxygen atoms in total. The molecule has 0 saturated carbocycles. The first kappa shape index (κ1) is 26.9. The molecule has 0 atom stereocenters. The fourth-order valence-electron chi connectivity index (χ4n) is 3.68. The van der Waals surface area contributed by atoms with Crippen LogP contribution in [0.4, 0.5) is 5.69 Å².